The van der Waals surface area contributed by atoms with Gasteiger partial charge in [-0.25, -0.2) is 4.98 Å². The summed E-state index contributed by atoms with van der Waals surface area (Å²) in [5.41, 5.74) is 10.1. The highest BCUT2D eigenvalue weighted by atomic mass is 15.1. The van der Waals surface area contributed by atoms with Gasteiger partial charge in [0.05, 0.1) is 33.1 Å². The van der Waals surface area contributed by atoms with Crippen LogP contribution in [0.2, 0.25) is 0 Å². The molecule has 3 aromatic heterocycles. The van der Waals surface area contributed by atoms with Crippen molar-refractivity contribution in [1.29, 1.82) is 10.5 Å². The van der Waals surface area contributed by atoms with Gasteiger partial charge in [0.1, 0.15) is 17.7 Å². The smallest absolute Gasteiger partial charge is 0.157 e. The van der Waals surface area contributed by atoms with Crippen molar-refractivity contribution in [2.45, 2.75) is 6.92 Å². The molecule has 0 aliphatic heterocycles. The molecule has 218 valence electrons. The number of pyridine rings is 1. The van der Waals surface area contributed by atoms with E-state index in [1.807, 2.05) is 47.0 Å². The molecule has 0 N–H and O–H groups in total. The number of fused-ring (bicyclic) bond motifs is 7. The largest absolute Gasteiger partial charge is 0.309 e. The summed E-state index contributed by atoms with van der Waals surface area (Å²) in [6, 6.07) is 50.7. The number of aromatic nitrogens is 3. The average molecular weight is 600 g/mol. The second-order valence-corrected chi connectivity index (χ2v) is 11.9. The van der Waals surface area contributed by atoms with Crippen molar-refractivity contribution in [3.05, 3.63) is 150 Å². The van der Waals surface area contributed by atoms with Crippen molar-refractivity contribution in [3.63, 3.8) is 0 Å². The van der Waals surface area contributed by atoms with Crippen LogP contribution in [-0.4, -0.2) is 14.1 Å². The molecular weight excluding hydrogens is 574 g/mol. The molecular formula is C42H25N5. The molecule has 0 radical (unpaired) electrons. The van der Waals surface area contributed by atoms with Gasteiger partial charge >= 0.3 is 0 Å². The molecule has 6 aromatic carbocycles. The second kappa shape index (κ2) is 10.2. The molecule has 9 aromatic rings. The Hall–Kier alpha value is -6.69. The summed E-state index contributed by atoms with van der Waals surface area (Å²) in [7, 11) is 0. The van der Waals surface area contributed by atoms with Gasteiger partial charge in [-0.15, -0.1) is 0 Å². The molecule has 0 spiro atoms. The molecule has 0 aliphatic rings. The first-order valence-corrected chi connectivity index (χ1v) is 15.5. The summed E-state index contributed by atoms with van der Waals surface area (Å²) in [5.74, 6) is 0.465. The molecule has 0 atom stereocenters. The van der Waals surface area contributed by atoms with Crippen LogP contribution in [0.4, 0.5) is 0 Å². The number of hydrogen-bond acceptors (Lipinski definition) is 3. The molecule has 47 heavy (non-hydrogen) atoms. The monoisotopic (exact) mass is 599 g/mol. The first-order valence-electron chi connectivity index (χ1n) is 15.5. The Balaban J connectivity index is 1.28. The maximum atomic E-state index is 10.3. The van der Waals surface area contributed by atoms with E-state index in [0.29, 0.717) is 22.3 Å². The predicted octanol–water partition coefficient (Wildman–Crippen LogP) is 10.1. The Kier molecular flexibility index (Phi) is 5.78. The van der Waals surface area contributed by atoms with E-state index in [0.717, 1.165) is 44.1 Å². The SMILES string of the molecule is Cc1ccc(-n2c3ccccc3c3cc(-c4ccc5c(c4)c4ccccc4n5-c4nc5ccccc5c(C#N)c4C#N)ccc32)cc1. The van der Waals surface area contributed by atoms with Crippen LogP contribution >= 0.6 is 0 Å². The van der Waals surface area contributed by atoms with Gasteiger partial charge in [0.2, 0.25) is 0 Å². The highest BCUT2D eigenvalue weighted by Gasteiger charge is 2.21. The van der Waals surface area contributed by atoms with Crippen LogP contribution in [0.3, 0.4) is 0 Å². The molecule has 3 heterocycles. The Bertz CT molecular complexity index is 2820. The number of benzene rings is 6. The van der Waals surface area contributed by atoms with E-state index in [2.05, 4.69) is 115 Å². The van der Waals surface area contributed by atoms with Crippen molar-refractivity contribution in [1.82, 2.24) is 14.1 Å². The minimum absolute atomic E-state index is 0.272. The minimum atomic E-state index is 0.272. The fourth-order valence-corrected chi connectivity index (χ4v) is 7.09. The zero-order valence-corrected chi connectivity index (χ0v) is 25.4. The van der Waals surface area contributed by atoms with Gasteiger partial charge in [0.25, 0.3) is 0 Å². The first-order chi connectivity index (χ1) is 23.1. The van der Waals surface area contributed by atoms with Crippen LogP contribution in [-0.2, 0) is 0 Å². The maximum absolute atomic E-state index is 10.3. The summed E-state index contributed by atoms with van der Waals surface area (Å²) in [5, 5.41) is 25.7. The van der Waals surface area contributed by atoms with E-state index in [1.165, 1.54) is 21.9 Å². The maximum Gasteiger partial charge on any atom is 0.157 e. The van der Waals surface area contributed by atoms with Gasteiger partial charge in [-0.2, -0.15) is 10.5 Å². The van der Waals surface area contributed by atoms with Crippen molar-refractivity contribution in [3.8, 4) is 34.8 Å². The number of nitrogens with zero attached hydrogens (tertiary/aromatic N) is 5. The topological polar surface area (TPSA) is 70.3 Å². The third-order valence-electron chi connectivity index (χ3n) is 9.28. The number of aryl methyl sites for hydroxylation is 1. The van der Waals surface area contributed by atoms with E-state index in [1.54, 1.807) is 0 Å². The quantitative estimate of drug-likeness (QED) is 0.203. The normalized spacial score (nSPS) is 11.5. The number of hydrogen-bond donors (Lipinski definition) is 0. The van der Waals surface area contributed by atoms with E-state index in [4.69, 9.17) is 4.98 Å². The fraction of sp³-hybridized carbons (Fsp3) is 0.0238. The van der Waals surface area contributed by atoms with Gasteiger partial charge in [0, 0.05) is 32.6 Å². The molecule has 0 bridgehead atoms. The van der Waals surface area contributed by atoms with Gasteiger partial charge in [-0.3, -0.25) is 4.57 Å². The van der Waals surface area contributed by atoms with Gasteiger partial charge in [-0.05, 0) is 72.6 Å². The van der Waals surface area contributed by atoms with Crippen molar-refractivity contribution >= 4 is 54.5 Å². The summed E-state index contributed by atoms with van der Waals surface area (Å²) in [4.78, 5) is 4.96. The fourth-order valence-electron chi connectivity index (χ4n) is 7.09. The molecule has 0 unspecified atom stereocenters. The molecule has 0 amide bonds. The van der Waals surface area contributed by atoms with Crippen molar-refractivity contribution < 1.29 is 0 Å². The van der Waals surface area contributed by atoms with Crippen LogP contribution < -0.4 is 0 Å². The van der Waals surface area contributed by atoms with Crippen LogP contribution in [0.15, 0.2) is 133 Å². The van der Waals surface area contributed by atoms with Crippen molar-refractivity contribution in [2.75, 3.05) is 0 Å². The Morgan fingerprint density at radius 1 is 0.489 bits per heavy atom. The van der Waals surface area contributed by atoms with Crippen LogP contribution in [0, 0.1) is 29.6 Å². The Morgan fingerprint density at radius 2 is 1.00 bits per heavy atom. The first kappa shape index (κ1) is 26.7. The molecule has 0 saturated carbocycles. The van der Waals surface area contributed by atoms with Gasteiger partial charge in [0.15, 0.2) is 5.82 Å². The third-order valence-corrected chi connectivity index (χ3v) is 9.28. The molecule has 0 aliphatic carbocycles. The summed E-state index contributed by atoms with van der Waals surface area (Å²) < 4.78 is 4.36. The lowest BCUT2D eigenvalue weighted by atomic mass is 10.0. The van der Waals surface area contributed by atoms with E-state index in [-0.39, 0.29) is 5.56 Å². The summed E-state index contributed by atoms with van der Waals surface area (Å²) in [6.45, 7) is 2.11. The highest BCUT2D eigenvalue weighted by Crippen LogP contribution is 2.39. The number of nitriles is 2. The zero-order chi connectivity index (χ0) is 31.6. The zero-order valence-electron chi connectivity index (χ0n) is 25.4. The molecule has 5 nitrogen and oxygen atoms in total. The summed E-state index contributed by atoms with van der Waals surface area (Å²) in [6.07, 6.45) is 0. The average Bonchev–Trinajstić information content (AvgIpc) is 3.63. The highest BCUT2D eigenvalue weighted by molar-refractivity contribution is 6.13. The van der Waals surface area contributed by atoms with Gasteiger partial charge in [-0.1, -0.05) is 84.4 Å². The van der Waals surface area contributed by atoms with Gasteiger partial charge < -0.3 is 4.57 Å². The lowest BCUT2D eigenvalue weighted by molar-refractivity contribution is 1.09. The predicted molar refractivity (Wildman–Crippen MR) is 190 cm³/mol. The Morgan fingerprint density at radius 3 is 1.62 bits per heavy atom. The Labute approximate surface area is 270 Å². The molecule has 9 rings (SSSR count). The molecule has 0 saturated heterocycles. The lowest BCUT2D eigenvalue weighted by Gasteiger charge is -2.12. The van der Waals surface area contributed by atoms with Crippen LogP contribution in [0.5, 0.6) is 0 Å². The number of para-hydroxylation sites is 3. The lowest BCUT2D eigenvalue weighted by Crippen LogP contribution is -2.04. The molecule has 0 fully saturated rings. The standard InChI is InChI=1S/C42H25N5/c1-26-14-18-29(19-15-26)46-38-12-6-3-9-31(38)33-22-27(16-20-40(33)46)28-17-21-41-34(23-28)32-10-4-7-13-39(32)47(41)42-36(25-44)35(24-43)30-8-2-5-11-37(30)45-42/h2-23H,1H3. The van der Waals surface area contributed by atoms with E-state index < -0.39 is 0 Å². The second-order valence-electron chi connectivity index (χ2n) is 11.9. The molecule has 5 heteroatoms. The van der Waals surface area contributed by atoms with E-state index >= 15 is 0 Å². The summed E-state index contributed by atoms with van der Waals surface area (Å²) >= 11 is 0. The van der Waals surface area contributed by atoms with Crippen molar-refractivity contribution in [2.24, 2.45) is 0 Å². The minimum Gasteiger partial charge on any atom is -0.309 e. The van der Waals surface area contributed by atoms with Crippen LogP contribution in [0.1, 0.15) is 16.7 Å². The third kappa shape index (κ3) is 3.91. The van der Waals surface area contributed by atoms with Crippen LogP contribution in [0.25, 0.3) is 77.1 Å². The van der Waals surface area contributed by atoms with E-state index in [9.17, 15) is 10.5 Å². The number of rotatable bonds is 3.